The Morgan fingerprint density at radius 1 is 1.03 bits per heavy atom. The Morgan fingerprint density at radius 3 is 2.21 bits per heavy atom. The van der Waals surface area contributed by atoms with Crippen molar-refractivity contribution in [1.82, 2.24) is 4.31 Å². The minimum absolute atomic E-state index is 0.196. The fraction of sp³-hybridized carbons (Fsp3) is 0.350. The van der Waals surface area contributed by atoms with Crippen LogP contribution in [0.25, 0.3) is 0 Å². The number of anilines is 1. The number of nitrogens with one attached hydrogen (secondary N) is 1. The Kier molecular flexibility index (Phi) is 8.77. The van der Waals surface area contributed by atoms with E-state index in [1.807, 2.05) is 13.8 Å². The molecule has 0 saturated carbocycles. The molecule has 9 heteroatoms. The van der Waals surface area contributed by atoms with Gasteiger partial charge in [0.15, 0.2) is 6.61 Å². The Bertz CT molecular complexity index is 928. The van der Waals surface area contributed by atoms with E-state index in [-0.39, 0.29) is 11.5 Å². The molecule has 0 radical (unpaired) electrons. The lowest BCUT2D eigenvalue weighted by Crippen LogP contribution is -2.32. The molecule has 0 saturated heterocycles. The highest BCUT2D eigenvalue weighted by molar-refractivity contribution is 7.89. The lowest BCUT2D eigenvalue weighted by Gasteiger charge is -2.21. The second kappa shape index (κ2) is 10.8. The van der Waals surface area contributed by atoms with E-state index < -0.39 is 15.9 Å². The summed E-state index contributed by atoms with van der Waals surface area (Å²) in [6, 6.07) is 10.8. The molecule has 2 rings (SSSR count). The van der Waals surface area contributed by atoms with Crippen molar-refractivity contribution >= 4 is 44.8 Å². The van der Waals surface area contributed by atoms with Crippen LogP contribution in [0.3, 0.4) is 0 Å². The zero-order valence-electron chi connectivity index (χ0n) is 16.3. The number of carbonyl (C=O) groups is 1. The average Bonchev–Trinajstić information content (AvgIpc) is 2.67. The summed E-state index contributed by atoms with van der Waals surface area (Å²) in [7, 11) is -3.55. The smallest absolute Gasteiger partial charge is 0.262 e. The Hall–Kier alpha value is -1.80. The number of rotatable bonds is 10. The van der Waals surface area contributed by atoms with Crippen LogP contribution in [0.4, 0.5) is 5.69 Å². The minimum atomic E-state index is -3.55. The highest BCUT2D eigenvalue weighted by Gasteiger charge is 2.22. The molecule has 158 valence electrons. The molecular weight excluding hydrogens is 435 g/mol. The third-order valence-electron chi connectivity index (χ3n) is 3.97. The molecule has 0 aliphatic heterocycles. The normalized spacial score (nSPS) is 11.5. The summed E-state index contributed by atoms with van der Waals surface area (Å²) < 4.78 is 32.4. The van der Waals surface area contributed by atoms with Gasteiger partial charge in [-0.3, -0.25) is 4.79 Å². The third-order valence-corrected chi connectivity index (χ3v) is 6.42. The quantitative estimate of drug-likeness (QED) is 0.553. The van der Waals surface area contributed by atoms with Crippen LogP contribution >= 0.6 is 23.2 Å². The van der Waals surface area contributed by atoms with Crippen molar-refractivity contribution in [3.8, 4) is 5.75 Å². The molecule has 6 nitrogen and oxygen atoms in total. The number of benzene rings is 2. The lowest BCUT2D eigenvalue weighted by molar-refractivity contribution is -0.118. The van der Waals surface area contributed by atoms with Gasteiger partial charge >= 0.3 is 0 Å². The van der Waals surface area contributed by atoms with E-state index in [0.29, 0.717) is 34.6 Å². The van der Waals surface area contributed by atoms with Gasteiger partial charge in [-0.05, 0) is 55.3 Å². The summed E-state index contributed by atoms with van der Waals surface area (Å²) >= 11 is 11.8. The number of amides is 1. The first kappa shape index (κ1) is 23.5. The SMILES string of the molecule is CCCN(CCC)S(=O)(=O)c1ccc(NC(=O)COc2ccc(Cl)cc2Cl)cc1. The summed E-state index contributed by atoms with van der Waals surface area (Å²) in [5.41, 5.74) is 0.470. The standard InChI is InChI=1S/C20H24Cl2N2O4S/c1-3-11-24(12-4-2)29(26,27)17-8-6-16(7-9-17)23-20(25)14-28-19-10-5-15(21)13-18(19)22/h5-10,13H,3-4,11-12,14H2,1-2H3,(H,23,25). The van der Waals surface area contributed by atoms with Crippen LogP contribution in [-0.2, 0) is 14.8 Å². The van der Waals surface area contributed by atoms with Gasteiger partial charge in [-0.2, -0.15) is 4.31 Å². The number of hydrogen-bond acceptors (Lipinski definition) is 4. The first-order chi connectivity index (χ1) is 13.8. The van der Waals surface area contributed by atoms with Crippen LogP contribution in [0.2, 0.25) is 10.0 Å². The summed E-state index contributed by atoms with van der Waals surface area (Å²) in [4.78, 5) is 12.3. The van der Waals surface area contributed by atoms with E-state index in [0.717, 1.165) is 12.8 Å². The van der Waals surface area contributed by atoms with Crippen LogP contribution in [0.5, 0.6) is 5.75 Å². The molecule has 0 atom stereocenters. The van der Waals surface area contributed by atoms with Gasteiger partial charge in [0.2, 0.25) is 10.0 Å². The van der Waals surface area contributed by atoms with Gasteiger partial charge in [0.05, 0.1) is 9.92 Å². The second-order valence-electron chi connectivity index (χ2n) is 6.34. The van der Waals surface area contributed by atoms with Crippen molar-refractivity contribution < 1.29 is 17.9 Å². The highest BCUT2D eigenvalue weighted by atomic mass is 35.5. The number of hydrogen-bond donors (Lipinski definition) is 1. The maximum absolute atomic E-state index is 12.8. The summed E-state index contributed by atoms with van der Waals surface area (Å²) in [6.45, 7) is 4.58. The van der Waals surface area contributed by atoms with Gasteiger partial charge in [0, 0.05) is 23.8 Å². The first-order valence-electron chi connectivity index (χ1n) is 9.25. The fourth-order valence-electron chi connectivity index (χ4n) is 2.64. The first-order valence-corrected chi connectivity index (χ1v) is 11.5. The zero-order chi connectivity index (χ0) is 21.4. The van der Waals surface area contributed by atoms with Gasteiger partial charge in [0.25, 0.3) is 5.91 Å². The lowest BCUT2D eigenvalue weighted by atomic mass is 10.3. The van der Waals surface area contributed by atoms with Gasteiger partial charge in [-0.25, -0.2) is 8.42 Å². The van der Waals surface area contributed by atoms with E-state index in [4.69, 9.17) is 27.9 Å². The molecule has 1 N–H and O–H groups in total. The van der Waals surface area contributed by atoms with Gasteiger partial charge < -0.3 is 10.1 Å². The molecule has 0 fully saturated rings. The van der Waals surface area contributed by atoms with Crippen LogP contribution < -0.4 is 10.1 Å². The fourth-order valence-corrected chi connectivity index (χ4v) is 4.73. The monoisotopic (exact) mass is 458 g/mol. The van der Waals surface area contributed by atoms with Crippen molar-refractivity contribution in [3.05, 3.63) is 52.5 Å². The van der Waals surface area contributed by atoms with Crippen molar-refractivity contribution in [1.29, 1.82) is 0 Å². The summed E-state index contributed by atoms with van der Waals surface area (Å²) in [5, 5.41) is 3.44. The van der Waals surface area contributed by atoms with E-state index in [1.54, 1.807) is 24.3 Å². The maximum atomic E-state index is 12.8. The Labute approximate surface area is 181 Å². The number of carbonyl (C=O) groups excluding carboxylic acids is 1. The molecule has 0 aliphatic rings. The molecular formula is C20H24Cl2N2O4S. The van der Waals surface area contributed by atoms with E-state index in [2.05, 4.69) is 5.32 Å². The van der Waals surface area contributed by atoms with E-state index in [1.165, 1.54) is 22.5 Å². The summed E-state index contributed by atoms with van der Waals surface area (Å²) in [5.74, 6) is -0.0511. The predicted octanol–water partition coefficient (Wildman–Crippen LogP) is 4.82. The Morgan fingerprint density at radius 2 is 1.66 bits per heavy atom. The molecule has 2 aromatic rings. The molecule has 0 heterocycles. The molecule has 0 aromatic heterocycles. The van der Waals surface area contributed by atoms with Crippen molar-refractivity contribution in [2.75, 3.05) is 25.0 Å². The van der Waals surface area contributed by atoms with Gasteiger partial charge in [-0.15, -0.1) is 0 Å². The topological polar surface area (TPSA) is 75.7 Å². The van der Waals surface area contributed by atoms with Crippen molar-refractivity contribution in [2.24, 2.45) is 0 Å². The maximum Gasteiger partial charge on any atom is 0.262 e. The van der Waals surface area contributed by atoms with Gasteiger partial charge in [0.1, 0.15) is 5.75 Å². The zero-order valence-corrected chi connectivity index (χ0v) is 18.6. The number of ether oxygens (including phenoxy) is 1. The number of nitrogens with zero attached hydrogens (tertiary/aromatic N) is 1. The van der Waals surface area contributed by atoms with E-state index in [9.17, 15) is 13.2 Å². The Balaban J connectivity index is 1.99. The molecule has 0 spiro atoms. The van der Waals surface area contributed by atoms with Crippen molar-refractivity contribution in [3.63, 3.8) is 0 Å². The molecule has 29 heavy (non-hydrogen) atoms. The molecule has 0 aliphatic carbocycles. The molecule has 1 amide bonds. The van der Waals surface area contributed by atoms with Crippen LogP contribution in [0.15, 0.2) is 47.4 Å². The highest BCUT2D eigenvalue weighted by Crippen LogP contribution is 2.27. The van der Waals surface area contributed by atoms with Gasteiger partial charge in [-0.1, -0.05) is 37.0 Å². The van der Waals surface area contributed by atoms with Crippen LogP contribution in [0.1, 0.15) is 26.7 Å². The largest absolute Gasteiger partial charge is 0.482 e. The summed E-state index contributed by atoms with van der Waals surface area (Å²) in [6.07, 6.45) is 1.48. The predicted molar refractivity (Wildman–Crippen MR) is 116 cm³/mol. The molecule has 0 bridgehead atoms. The second-order valence-corrected chi connectivity index (χ2v) is 9.12. The molecule has 0 unspecified atom stereocenters. The minimum Gasteiger partial charge on any atom is -0.482 e. The van der Waals surface area contributed by atoms with Crippen LogP contribution in [0, 0.1) is 0 Å². The number of halogens is 2. The third kappa shape index (κ3) is 6.60. The molecule has 2 aromatic carbocycles. The number of sulfonamides is 1. The van der Waals surface area contributed by atoms with Crippen LogP contribution in [-0.4, -0.2) is 38.3 Å². The van der Waals surface area contributed by atoms with E-state index >= 15 is 0 Å². The van der Waals surface area contributed by atoms with Crippen molar-refractivity contribution in [2.45, 2.75) is 31.6 Å². The average molecular weight is 459 g/mol.